The van der Waals surface area contributed by atoms with Gasteiger partial charge in [-0.05, 0) is 43.8 Å². The number of aliphatic imine (C=N–C) groups is 1. The van der Waals surface area contributed by atoms with Crippen LogP contribution in [-0.4, -0.2) is 51.1 Å². The molecule has 0 spiro atoms. The van der Waals surface area contributed by atoms with Gasteiger partial charge in [0.05, 0.1) is 0 Å². The van der Waals surface area contributed by atoms with E-state index < -0.39 is 0 Å². The average Bonchev–Trinajstić information content (AvgIpc) is 3.15. The summed E-state index contributed by atoms with van der Waals surface area (Å²) in [4.78, 5) is 9.00. The zero-order chi connectivity index (χ0) is 19.1. The van der Waals surface area contributed by atoms with Crippen molar-refractivity contribution >= 4 is 11.6 Å². The lowest BCUT2D eigenvalue weighted by atomic mass is 10.1. The minimum Gasteiger partial charge on any atom is -0.369 e. The molecule has 0 amide bonds. The number of benzene rings is 2. The van der Waals surface area contributed by atoms with E-state index in [9.17, 15) is 0 Å². The molecule has 0 saturated carbocycles. The van der Waals surface area contributed by atoms with E-state index in [1.807, 2.05) is 7.05 Å². The molecule has 1 aliphatic heterocycles. The molecule has 0 aliphatic carbocycles. The molecule has 0 bridgehead atoms. The predicted molar refractivity (Wildman–Crippen MR) is 114 cm³/mol. The van der Waals surface area contributed by atoms with Crippen LogP contribution < -0.4 is 15.5 Å². The number of hydrogen-bond donors (Lipinski definition) is 2. The van der Waals surface area contributed by atoms with Crippen LogP contribution in [0.4, 0.5) is 5.69 Å². The van der Waals surface area contributed by atoms with Gasteiger partial charge in [-0.25, -0.2) is 0 Å². The molecular weight excluding hydrogens is 334 g/mol. The van der Waals surface area contributed by atoms with E-state index in [2.05, 4.69) is 94.1 Å². The Balaban J connectivity index is 1.47. The highest BCUT2D eigenvalue weighted by molar-refractivity contribution is 5.80. The fourth-order valence-corrected chi connectivity index (χ4v) is 3.45. The molecule has 2 aromatic rings. The summed E-state index contributed by atoms with van der Waals surface area (Å²) in [6.07, 6.45) is 1.12. The first-order chi connectivity index (χ1) is 13.1. The summed E-state index contributed by atoms with van der Waals surface area (Å²) >= 11 is 0. The highest BCUT2D eigenvalue weighted by Gasteiger charge is 2.23. The molecule has 1 aliphatic rings. The maximum absolute atomic E-state index is 4.39. The zero-order valence-corrected chi connectivity index (χ0v) is 16.7. The summed E-state index contributed by atoms with van der Waals surface area (Å²) in [5.74, 6) is 0.868. The molecule has 0 aromatic heterocycles. The second-order valence-corrected chi connectivity index (χ2v) is 7.39. The van der Waals surface area contributed by atoms with Gasteiger partial charge in [-0.3, -0.25) is 4.99 Å². The van der Waals surface area contributed by atoms with E-state index in [0.29, 0.717) is 6.04 Å². The second kappa shape index (κ2) is 9.42. The van der Waals surface area contributed by atoms with Crippen LogP contribution in [-0.2, 0) is 13.1 Å². The van der Waals surface area contributed by atoms with Crippen molar-refractivity contribution in [2.45, 2.75) is 25.6 Å². The Labute approximate surface area is 163 Å². The standard InChI is InChI=1S/C22H31N5/c1-23-22(24-15-18-9-11-19(12-10-18)16-26(2)3)25-20-13-14-27(17-20)21-7-5-4-6-8-21/h4-12,20H,13-17H2,1-3H3,(H2,23,24,25). The third kappa shape index (κ3) is 5.73. The molecule has 3 rings (SSSR count). The van der Waals surface area contributed by atoms with Gasteiger partial charge in [-0.15, -0.1) is 0 Å². The third-order valence-corrected chi connectivity index (χ3v) is 4.86. The van der Waals surface area contributed by atoms with Crippen LogP contribution in [0.5, 0.6) is 0 Å². The third-order valence-electron chi connectivity index (χ3n) is 4.86. The quantitative estimate of drug-likeness (QED) is 0.610. The van der Waals surface area contributed by atoms with E-state index in [1.165, 1.54) is 16.8 Å². The summed E-state index contributed by atoms with van der Waals surface area (Å²) in [5.41, 5.74) is 3.89. The molecule has 1 fully saturated rings. The number of hydrogen-bond acceptors (Lipinski definition) is 3. The number of anilines is 1. The van der Waals surface area contributed by atoms with Crippen LogP contribution in [0.25, 0.3) is 0 Å². The van der Waals surface area contributed by atoms with Crippen LogP contribution in [0.2, 0.25) is 0 Å². The van der Waals surface area contributed by atoms with E-state index in [1.54, 1.807) is 0 Å². The number of para-hydroxylation sites is 1. The van der Waals surface area contributed by atoms with Crippen molar-refractivity contribution < 1.29 is 0 Å². The fourth-order valence-electron chi connectivity index (χ4n) is 3.45. The van der Waals surface area contributed by atoms with Crippen molar-refractivity contribution in [1.29, 1.82) is 0 Å². The Morgan fingerprint density at radius 2 is 1.78 bits per heavy atom. The van der Waals surface area contributed by atoms with Crippen LogP contribution >= 0.6 is 0 Å². The Bertz CT molecular complexity index is 724. The maximum atomic E-state index is 4.39. The number of nitrogens with one attached hydrogen (secondary N) is 2. The first kappa shape index (κ1) is 19.2. The Hall–Kier alpha value is -2.53. The average molecular weight is 366 g/mol. The molecule has 5 heteroatoms. The Kier molecular flexibility index (Phi) is 6.71. The van der Waals surface area contributed by atoms with Crippen LogP contribution in [0.1, 0.15) is 17.5 Å². The van der Waals surface area contributed by atoms with E-state index >= 15 is 0 Å². The van der Waals surface area contributed by atoms with Crippen molar-refractivity contribution in [3.8, 4) is 0 Å². The topological polar surface area (TPSA) is 42.9 Å². The van der Waals surface area contributed by atoms with Gasteiger partial charge in [0.25, 0.3) is 0 Å². The van der Waals surface area contributed by atoms with Gasteiger partial charge in [0.2, 0.25) is 0 Å². The molecule has 1 unspecified atom stereocenters. The monoisotopic (exact) mass is 365 g/mol. The maximum Gasteiger partial charge on any atom is 0.191 e. The fraction of sp³-hybridized carbons (Fsp3) is 0.409. The van der Waals surface area contributed by atoms with E-state index in [4.69, 9.17) is 0 Å². The van der Waals surface area contributed by atoms with Gasteiger partial charge >= 0.3 is 0 Å². The molecule has 1 atom stereocenters. The number of nitrogens with zero attached hydrogens (tertiary/aromatic N) is 3. The molecule has 2 N–H and O–H groups in total. The summed E-state index contributed by atoms with van der Waals surface area (Å²) in [7, 11) is 6.01. The van der Waals surface area contributed by atoms with Crippen molar-refractivity contribution in [3.05, 3.63) is 65.7 Å². The highest BCUT2D eigenvalue weighted by Crippen LogP contribution is 2.19. The van der Waals surface area contributed by atoms with Crippen molar-refractivity contribution in [2.24, 2.45) is 4.99 Å². The number of guanidine groups is 1. The Morgan fingerprint density at radius 3 is 2.44 bits per heavy atom. The van der Waals surface area contributed by atoms with Gasteiger partial charge in [-0.1, -0.05) is 42.5 Å². The van der Waals surface area contributed by atoms with Crippen molar-refractivity contribution in [3.63, 3.8) is 0 Å². The first-order valence-electron chi connectivity index (χ1n) is 9.64. The SMILES string of the molecule is CN=C(NCc1ccc(CN(C)C)cc1)NC1CCN(c2ccccc2)C1. The molecular formula is C22H31N5. The van der Waals surface area contributed by atoms with Gasteiger partial charge in [0, 0.05) is 45.0 Å². The minimum absolute atomic E-state index is 0.416. The summed E-state index contributed by atoms with van der Waals surface area (Å²) < 4.78 is 0. The Morgan fingerprint density at radius 1 is 1.07 bits per heavy atom. The smallest absolute Gasteiger partial charge is 0.191 e. The minimum atomic E-state index is 0.416. The lowest BCUT2D eigenvalue weighted by Crippen LogP contribution is -2.44. The lowest BCUT2D eigenvalue weighted by Gasteiger charge is -2.20. The van der Waals surface area contributed by atoms with Gasteiger partial charge in [0.1, 0.15) is 0 Å². The van der Waals surface area contributed by atoms with Crippen LogP contribution in [0.3, 0.4) is 0 Å². The molecule has 1 heterocycles. The second-order valence-electron chi connectivity index (χ2n) is 7.39. The van der Waals surface area contributed by atoms with Gasteiger partial charge in [0.15, 0.2) is 5.96 Å². The van der Waals surface area contributed by atoms with Crippen molar-refractivity contribution in [1.82, 2.24) is 15.5 Å². The van der Waals surface area contributed by atoms with E-state index in [0.717, 1.165) is 38.6 Å². The van der Waals surface area contributed by atoms with Gasteiger partial charge < -0.3 is 20.4 Å². The zero-order valence-electron chi connectivity index (χ0n) is 16.7. The largest absolute Gasteiger partial charge is 0.369 e. The highest BCUT2D eigenvalue weighted by atomic mass is 15.2. The van der Waals surface area contributed by atoms with Gasteiger partial charge in [-0.2, -0.15) is 0 Å². The molecule has 0 radical (unpaired) electrons. The predicted octanol–water partition coefficient (Wildman–Crippen LogP) is 2.69. The number of rotatable bonds is 6. The summed E-state index contributed by atoms with van der Waals surface area (Å²) in [5, 5.41) is 7.00. The molecule has 2 aromatic carbocycles. The first-order valence-corrected chi connectivity index (χ1v) is 9.64. The van der Waals surface area contributed by atoms with E-state index in [-0.39, 0.29) is 0 Å². The summed E-state index contributed by atoms with van der Waals surface area (Å²) in [6.45, 7) is 3.82. The molecule has 144 valence electrons. The molecule has 1 saturated heterocycles. The molecule has 5 nitrogen and oxygen atoms in total. The lowest BCUT2D eigenvalue weighted by molar-refractivity contribution is 0.402. The van der Waals surface area contributed by atoms with Crippen molar-refractivity contribution in [2.75, 3.05) is 39.1 Å². The van der Waals surface area contributed by atoms with Crippen LogP contribution in [0.15, 0.2) is 59.6 Å². The van der Waals surface area contributed by atoms with Crippen LogP contribution in [0, 0.1) is 0 Å². The normalized spacial score (nSPS) is 17.4. The summed E-state index contributed by atoms with van der Waals surface area (Å²) in [6, 6.07) is 19.8. The molecule has 27 heavy (non-hydrogen) atoms.